The van der Waals surface area contributed by atoms with Gasteiger partial charge in [-0.3, -0.25) is 4.84 Å². The van der Waals surface area contributed by atoms with Crippen LogP contribution in [0, 0.1) is 0 Å². The monoisotopic (exact) mass is 323 g/mol. The number of aliphatic hydroxyl groups excluding tert-OH is 1. The second-order valence-electron chi connectivity index (χ2n) is 6.04. The molecule has 0 unspecified atom stereocenters. The number of quaternary nitrogens is 1. The van der Waals surface area contributed by atoms with Gasteiger partial charge in [-0.05, 0) is 25.3 Å². The third kappa shape index (κ3) is 6.18. The highest BCUT2D eigenvalue weighted by atomic mass is 16.7. The summed E-state index contributed by atoms with van der Waals surface area (Å²) in [6, 6.07) is 0. The van der Waals surface area contributed by atoms with Gasteiger partial charge in [0.1, 0.15) is 19.6 Å². The van der Waals surface area contributed by atoms with E-state index in [1.54, 1.807) is 6.08 Å². The smallest absolute Gasteiger partial charge is 0.471 e. The molecule has 0 saturated carbocycles. The number of carbonyl (C=O) groups is 1. The third-order valence-corrected chi connectivity index (χ3v) is 4.01. The average Bonchev–Trinajstić information content (AvgIpc) is 2.56. The van der Waals surface area contributed by atoms with Crippen LogP contribution in [0.3, 0.4) is 0 Å². The Balaban J connectivity index is 2.93. The Labute approximate surface area is 139 Å². The summed E-state index contributed by atoms with van der Waals surface area (Å²) in [4.78, 5) is 22.4. The lowest BCUT2D eigenvalue weighted by molar-refractivity contribution is -1.09. The molecule has 1 heterocycles. The van der Waals surface area contributed by atoms with Crippen LogP contribution in [-0.4, -0.2) is 41.6 Å². The number of unbranched alkanes of at least 4 members (excludes halogenated alkanes) is 3. The van der Waals surface area contributed by atoms with Crippen molar-refractivity contribution >= 4 is 12.2 Å². The molecule has 0 bridgehead atoms. The normalized spacial score (nSPS) is 14.4. The van der Waals surface area contributed by atoms with Crippen LogP contribution in [0.15, 0.2) is 23.6 Å². The molecule has 1 aliphatic rings. The molecule has 5 nitrogen and oxygen atoms in total. The zero-order valence-corrected chi connectivity index (χ0v) is 14.8. The molecular formula is C18H31N2O3+2. The molecular weight excluding hydrogens is 292 g/mol. The molecule has 0 spiro atoms. The Kier molecular flexibility index (Phi) is 8.62. The first-order valence-electron chi connectivity index (χ1n) is 8.82. The Bertz CT molecular complexity index is 445. The summed E-state index contributed by atoms with van der Waals surface area (Å²) in [5.74, 6) is -0.663. The standard InChI is InChI=1S/C18H30N2O3/c1-4-7-13-20(14-8-5-2,15-9-6-3)23-18(22)17-16(21)11-10-12-19-17/h10-12H,4-9,13-15H2,1-3H3/q+1/p+1. The van der Waals surface area contributed by atoms with Gasteiger partial charge in [-0.1, -0.05) is 40.0 Å². The van der Waals surface area contributed by atoms with Crippen LogP contribution in [0.4, 0.5) is 0 Å². The van der Waals surface area contributed by atoms with E-state index in [0.29, 0.717) is 4.65 Å². The molecule has 1 rings (SSSR count). The number of aliphatic hydroxyl groups is 1. The maximum atomic E-state index is 12.5. The summed E-state index contributed by atoms with van der Waals surface area (Å²) in [6.07, 6.45) is 10.8. The maximum absolute atomic E-state index is 12.5. The van der Waals surface area contributed by atoms with Crippen molar-refractivity contribution in [1.82, 2.24) is 4.99 Å². The van der Waals surface area contributed by atoms with Crippen LogP contribution >= 0.6 is 0 Å². The summed E-state index contributed by atoms with van der Waals surface area (Å²) in [7, 11) is 0. The number of carbonyl (C=O) groups excluding carboxylic acids is 1. The third-order valence-electron chi connectivity index (χ3n) is 4.01. The number of aliphatic imine (C=N–C) groups is 1. The van der Waals surface area contributed by atoms with Gasteiger partial charge >= 0.3 is 11.7 Å². The van der Waals surface area contributed by atoms with E-state index in [-0.39, 0.29) is 11.5 Å². The first-order chi connectivity index (χ1) is 11.1. The van der Waals surface area contributed by atoms with Gasteiger partial charge in [0, 0.05) is 6.08 Å². The Morgan fingerprint density at radius 1 is 1.09 bits per heavy atom. The fraction of sp³-hybridized carbons (Fsp3) is 0.667. The minimum atomic E-state index is -0.536. The average molecular weight is 323 g/mol. The number of nitrogens with zero attached hydrogens (tertiary/aromatic N) is 2. The highest BCUT2D eigenvalue weighted by Gasteiger charge is 2.38. The molecule has 1 radical (unpaired) electrons. The van der Waals surface area contributed by atoms with E-state index in [4.69, 9.17) is 4.84 Å². The van der Waals surface area contributed by atoms with Gasteiger partial charge in [0.05, 0.1) is 4.99 Å². The Morgan fingerprint density at radius 2 is 1.61 bits per heavy atom. The lowest BCUT2D eigenvalue weighted by Crippen LogP contribution is -2.51. The van der Waals surface area contributed by atoms with Crippen molar-refractivity contribution in [3.8, 4) is 0 Å². The highest BCUT2D eigenvalue weighted by Crippen LogP contribution is 2.18. The van der Waals surface area contributed by atoms with Crippen molar-refractivity contribution in [3.63, 3.8) is 0 Å². The molecule has 0 aromatic rings. The maximum Gasteiger partial charge on any atom is 0.471 e. The molecule has 0 atom stereocenters. The predicted octanol–water partition coefficient (Wildman–Crippen LogP) is 3.41. The van der Waals surface area contributed by atoms with Crippen LogP contribution in [0.25, 0.3) is 0 Å². The van der Waals surface area contributed by atoms with Gasteiger partial charge < -0.3 is 5.11 Å². The zero-order valence-electron chi connectivity index (χ0n) is 14.8. The van der Waals surface area contributed by atoms with Crippen LogP contribution in [0.5, 0.6) is 0 Å². The first kappa shape index (κ1) is 19.4. The molecule has 0 saturated heterocycles. The number of rotatable bonds is 11. The molecule has 129 valence electrons. The minimum absolute atomic E-state index is 0.000467. The summed E-state index contributed by atoms with van der Waals surface area (Å²) < 4.78 is 0.338. The van der Waals surface area contributed by atoms with Gasteiger partial charge in [0.15, 0.2) is 0 Å². The first-order valence-corrected chi connectivity index (χ1v) is 8.82. The van der Waals surface area contributed by atoms with E-state index in [2.05, 4.69) is 25.8 Å². The number of hydroxylamine groups is 3. The van der Waals surface area contributed by atoms with E-state index < -0.39 is 5.97 Å². The van der Waals surface area contributed by atoms with E-state index in [1.807, 2.05) is 0 Å². The second kappa shape index (κ2) is 10.2. The number of hydrogen-bond donors (Lipinski definition) is 1. The molecule has 0 amide bonds. The summed E-state index contributed by atoms with van der Waals surface area (Å²) >= 11 is 0. The Hall–Kier alpha value is -1.62. The minimum Gasteiger partial charge on any atom is -0.502 e. The van der Waals surface area contributed by atoms with Crippen molar-refractivity contribution in [2.45, 2.75) is 59.3 Å². The zero-order chi connectivity index (χ0) is 17.1. The molecule has 0 aromatic heterocycles. The second-order valence-corrected chi connectivity index (χ2v) is 6.04. The molecule has 1 aliphatic heterocycles. The largest absolute Gasteiger partial charge is 0.502 e. The molecule has 5 heteroatoms. The number of allylic oxidation sites excluding steroid dienone is 2. The highest BCUT2D eigenvalue weighted by molar-refractivity contribution is 5.92. The van der Waals surface area contributed by atoms with E-state index in [9.17, 15) is 9.90 Å². The van der Waals surface area contributed by atoms with Gasteiger partial charge in [-0.25, -0.2) is 4.79 Å². The summed E-state index contributed by atoms with van der Waals surface area (Å²) in [5.41, 5.74) is -0.000467. The van der Waals surface area contributed by atoms with Crippen molar-refractivity contribution in [3.05, 3.63) is 23.6 Å². The molecule has 0 aromatic carbocycles. The van der Waals surface area contributed by atoms with Gasteiger partial charge in [-0.2, -0.15) is 0 Å². The van der Waals surface area contributed by atoms with Crippen LogP contribution in [-0.2, 0) is 9.63 Å². The van der Waals surface area contributed by atoms with E-state index in [0.717, 1.165) is 58.2 Å². The van der Waals surface area contributed by atoms with Gasteiger partial charge in [0.2, 0.25) is 12.0 Å². The van der Waals surface area contributed by atoms with Crippen molar-refractivity contribution < 1.29 is 19.4 Å². The van der Waals surface area contributed by atoms with Gasteiger partial charge in [0.25, 0.3) is 0 Å². The summed E-state index contributed by atoms with van der Waals surface area (Å²) in [6.45, 7) is 8.86. The molecule has 0 aliphatic carbocycles. The fourth-order valence-corrected chi connectivity index (χ4v) is 2.58. The molecule has 1 N–H and O–H groups in total. The van der Waals surface area contributed by atoms with Gasteiger partial charge in [-0.15, -0.1) is 4.65 Å². The SMILES string of the molecule is CCCC[N+](CCCC)(CCCC)OC(=O)C1=C(O)C=CC=[N+]1. The van der Waals surface area contributed by atoms with Crippen LogP contribution in [0.2, 0.25) is 0 Å². The number of hydrogen-bond acceptors (Lipinski definition) is 4. The van der Waals surface area contributed by atoms with Crippen molar-refractivity contribution in [2.75, 3.05) is 19.6 Å². The van der Waals surface area contributed by atoms with E-state index >= 15 is 0 Å². The van der Waals surface area contributed by atoms with E-state index in [1.165, 1.54) is 12.3 Å². The summed E-state index contributed by atoms with van der Waals surface area (Å²) in [5, 5.41) is 9.84. The van der Waals surface area contributed by atoms with Crippen molar-refractivity contribution in [1.29, 1.82) is 0 Å². The van der Waals surface area contributed by atoms with Crippen LogP contribution in [0.1, 0.15) is 59.3 Å². The molecule has 23 heavy (non-hydrogen) atoms. The Morgan fingerprint density at radius 3 is 2.04 bits per heavy atom. The lowest BCUT2D eigenvalue weighted by atomic mass is 10.2. The fourth-order valence-electron chi connectivity index (χ4n) is 2.58. The van der Waals surface area contributed by atoms with Crippen molar-refractivity contribution in [2.24, 2.45) is 0 Å². The topological polar surface area (TPSA) is 60.6 Å². The predicted molar refractivity (Wildman–Crippen MR) is 92.7 cm³/mol. The van der Waals surface area contributed by atoms with Crippen LogP contribution < -0.4 is 4.99 Å². The lowest BCUT2D eigenvalue weighted by Gasteiger charge is -2.34. The molecule has 0 fully saturated rings. The quantitative estimate of drug-likeness (QED) is 0.468.